The van der Waals surface area contributed by atoms with Crippen molar-refractivity contribution in [1.29, 1.82) is 0 Å². The number of rotatable bonds is 4. The summed E-state index contributed by atoms with van der Waals surface area (Å²) in [6.45, 7) is 0. The number of nitro benzene ring substituents is 1. The summed E-state index contributed by atoms with van der Waals surface area (Å²) in [5.41, 5.74) is 0.632. The zero-order valence-electron chi connectivity index (χ0n) is 8.94. The molecule has 0 heterocycles. The van der Waals surface area contributed by atoms with Gasteiger partial charge in [-0.05, 0) is 36.6 Å². The Bertz CT molecular complexity index is 556. The maximum absolute atomic E-state index is 11.5. The van der Waals surface area contributed by atoms with E-state index in [2.05, 4.69) is 0 Å². The van der Waals surface area contributed by atoms with E-state index in [9.17, 15) is 18.5 Å². The predicted molar refractivity (Wildman–Crippen MR) is 64.1 cm³/mol. The van der Waals surface area contributed by atoms with E-state index in [1.165, 1.54) is 35.7 Å². The third-order valence-electron chi connectivity index (χ3n) is 2.54. The lowest BCUT2D eigenvalue weighted by Gasteiger charge is -1.95. The second-order valence-electron chi connectivity index (χ2n) is 3.94. The minimum atomic E-state index is -3.13. The Kier molecular flexibility index (Phi) is 2.97. The number of non-ortho nitro benzene ring substituents is 1. The molecule has 0 aromatic heterocycles. The van der Waals surface area contributed by atoms with E-state index in [-0.39, 0.29) is 10.9 Å². The molecule has 0 aliphatic heterocycles. The SMILES string of the molecule is O=[N+]([O-])c1ccc(/C=C/S(=O)(=O)C2CC2)cc1. The normalized spacial score (nSPS) is 16.2. The van der Waals surface area contributed by atoms with E-state index in [4.69, 9.17) is 0 Å². The van der Waals surface area contributed by atoms with Crippen LogP contribution in [0.4, 0.5) is 5.69 Å². The van der Waals surface area contributed by atoms with Crippen molar-refractivity contribution in [2.75, 3.05) is 0 Å². The van der Waals surface area contributed by atoms with Gasteiger partial charge in [-0.1, -0.05) is 0 Å². The van der Waals surface area contributed by atoms with Crippen LogP contribution in [0.5, 0.6) is 0 Å². The first-order chi connectivity index (χ1) is 7.99. The van der Waals surface area contributed by atoms with E-state index in [0.29, 0.717) is 5.56 Å². The fraction of sp³-hybridized carbons (Fsp3) is 0.273. The number of nitro groups is 1. The van der Waals surface area contributed by atoms with Gasteiger partial charge in [-0.3, -0.25) is 10.1 Å². The Balaban J connectivity index is 2.13. The quantitative estimate of drug-likeness (QED) is 0.608. The maximum Gasteiger partial charge on any atom is 0.269 e. The molecule has 0 saturated heterocycles. The molecule has 0 atom stereocenters. The summed E-state index contributed by atoms with van der Waals surface area (Å²) in [6.07, 6.45) is 2.93. The smallest absolute Gasteiger partial charge is 0.258 e. The molecule has 6 heteroatoms. The van der Waals surface area contributed by atoms with Crippen molar-refractivity contribution < 1.29 is 13.3 Å². The summed E-state index contributed by atoms with van der Waals surface area (Å²) in [5.74, 6) is 0. The zero-order chi connectivity index (χ0) is 12.5. The van der Waals surface area contributed by atoms with E-state index < -0.39 is 14.8 Å². The van der Waals surface area contributed by atoms with E-state index >= 15 is 0 Å². The Morgan fingerprint density at radius 1 is 1.24 bits per heavy atom. The van der Waals surface area contributed by atoms with E-state index in [1.54, 1.807) is 0 Å². The molecule has 90 valence electrons. The molecule has 1 fully saturated rings. The van der Waals surface area contributed by atoms with Gasteiger partial charge in [0.2, 0.25) is 0 Å². The molecule has 0 unspecified atom stereocenters. The monoisotopic (exact) mass is 253 g/mol. The van der Waals surface area contributed by atoms with Gasteiger partial charge in [-0.15, -0.1) is 0 Å². The summed E-state index contributed by atoms with van der Waals surface area (Å²) < 4.78 is 23.1. The Morgan fingerprint density at radius 3 is 2.29 bits per heavy atom. The lowest BCUT2D eigenvalue weighted by molar-refractivity contribution is -0.384. The fourth-order valence-electron chi connectivity index (χ4n) is 1.39. The molecule has 5 nitrogen and oxygen atoms in total. The molecule has 1 saturated carbocycles. The van der Waals surface area contributed by atoms with Crippen LogP contribution in [0.1, 0.15) is 18.4 Å². The molecule has 1 aliphatic rings. The molecule has 0 amide bonds. The molecule has 1 aromatic carbocycles. The van der Waals surface area contributed by atoms with Crippen molar-refractivity contribution in [3.63, 3.8) is 0 Å². The van der Waals surface area contributed by atoms with Gasteiger partial charge in [-0.2, -0.15) is 0 Å². The fourth-order valence-corrected chi connectivity index (χ4v) is 2.75. The van der Waals surface area contributed by atoms with Crippen LogP contribution in [-0.4, -0.2) is 18.6 Å². The van der Waals surface area contributed by atoms with E-state index in [1.807, 2.05) is 0 Å². The van der Waals surface area contributed by atoms with Gasteiger partial charge in [0.05, 0.1) is 10.2 Å². The summed E-state index contributed by atoms with van der Waals surface area (Å²) in [4.78, 5) is 9.93. The van der Waals surface area contributed by atoms with Crippen LogP contribution in [0, 0.1) is 10.1 Å². The summed E-state index contributed by atoms with van der Waals surface area (Å²) in [7, 11) is -3.13. The minimum absolute atomic E-state index is 0.00722. The number of sulfone groups is 1. The van der Waals surface area contributed by atoms with Crippen LogP contribution in [0.2, 0.25) is 0 Å². The summed E-state index contributed by atoms with van der Waals surface area (Å²) >= 11 is 0. The lowest BCUT2D eigenvalue weighted by atomic mass is 10.2. The highest BCUT2D eigenvalue weighted by atomic mass is 32.2. The van der Waals surface area contributed by atoms with Crippen molar-refractivity contribution >= 4 is 21.6 Å². The Hall–Kier alpha value is -1.69. The Morgan fingerprint density at radius 2 is 1.82 bits per heavy atom. The van der Waals surface area contributed by atoms with E-state index in [0.717, 1.165) is 12.8 Å². The second-order valence-corrected chi connectivity index (χ2v) is 6.06. The van der Waals surface area contributed by atoms with Crippen LogP contribution in [0.15, 0.2) is 29.7 Å². The van der Waals surface area contributed by atoms with Gasteiger partial charge < -0.3 is 0 Å². The van der Waals surface area contributed by atoms with Crippen LogP contribution >= 0.6 is 0 Å². The molecule has 1 aromatic rings. The molecular formula is C11H11NO4S. The third kappa shape index (κ3) is 2.91. The standard InChI is InChI=1S/C11H11NO4S/c13-12(14)10-3-1-9(2-4-10)7-8-17(15,16)11-5-6-11/h1-4,7-8,11H,5-6H2/b8-7+. The molecule has 0 spiro atoms. The van der Waals surface area contributed by atoms with Gasteiger partial charge in [0.25, 0.3) is 5.69 Å². The van der Waals surface area contributed by atoms with Crippen LogP contribution in [0.25, 0.3) is 6.08 Å². The summed E-state index contributed by atoms with van der Waals surface area (Å²) in [6, 6.07) is 5.75. The van der Waals surface area contributed by atoms with Crippen LogP contribution in [-0.2, 0) is 9.84 Å². The van der Waals surface area contributed by atoms with Crippen LogP contribution < -0.4 is 0 Å². The Labute approximate surface area is 98.8 Å². The maximum atomic E-state index is 11.5. The topological polar surface area (TPSA) is 77.3 Å². The van der Waals surface area contributed by atoms with Gasteiger partial charge in [0.1, 0.15) is 0 Å². The molecule has 0 radical (unpaired) electrons. The molecule has 0 N–H and O–H groups in total. The van der Waals surface area contributed by atoms with Gasteiger partial charge in [0.15, 0.2) is 9.84 Å². The number of hydrogen-bond donors (Lipinski definition) is 0. The largest absolute Gasteiger partial charge is 0.269 e. The lowest BCUT2D eigenvalue weighted by Crippen LogP contribution is -2.00. The summed E-state index contributed by atoms with van der Waals surface area (Å²) in [5, 5.41) is 11.4. The average Bonchev–Trinajstić information content (AvgIpc) is 3.11. The highest BCUT2D eigenvalue weighted by molar-refractivity contribution is 7.95. The highest BCUT2D eigenvalue weighted by Crippen LogP contribution is 2.29. The zero-order valence-corrected chi connectivity index (χ0v) is 9.76. The first kappa shape index (κ1) is 11.8. The first-order valence-electron chi connectivity index (χ1n) is 5.15. The molecule has 0 bridgehead atoms. The highest BCUT2D eigenvalue weighted by Gasteiger charge is 2.33. The first-order valence-corrected chi connectivity index (χ1v) is 6.76. The van der Waals surface area contributed by atoms with Crippen molar-refractivity contribution in [2.45, 2.75) is 18.1 Å². The van der Waals surface area contributed by atoms with Crippen molar-refractivity contribution in [3.8, 4) is 0 Å². The number of hydrogen-bond acceptors (Lipinski definition) is 4. The van der Waals surface area contributed by atoms with Gasteiger partial charge >= 0.3 is 0 Å². The van der Waals surface area contributed by atoms with Gasteiger partial charge in [0, 0.05) is 17.5 Å². The van der Waals surface area contributed by atoms with Crippen LogP contribution in [0.3, 0.4) is 0 Å². The second kappa shape index (κ2) is 4.29. The third-order valence-corrected chi connectivity index (χ3v) is 4.46. The average molecular weight is 253 g/mol. The minimum Gasteiger partial charge on any atom is -0.258 e. The van der Waals surface area contributed by atoms with Gasteiger partial charge in [-0.25, -0.2) is 8.42 Å². The molecule has 1 aliphatic carbocycles. The number of benzene rings is 1. The van der Waals surface area contributed by atoms with Crippen molar-refractivity contribution in [3.05, 3.63) is 45.4 Å². The molecular weight excluding hydrogens is 242 g/mol. The van der Waals surface area contributed by atoms with Crippen molar-refractivity contribution in [2.24, 2.45) is 0 Å². The molecule has 17 heavy (non-hydrogen) atoms. The number of nitrogens with zero attached hydrogens (tertiary/aromatic N) is 1. The van der Waals surface area contributed by atoms with Crippen molar-refractivity contribution in [1.82, 2.24) is 0 Å². The predicted octanol–water partition coefficient (Wildman–Crippen LogP) is 2.14. The molecule has 2 rings (SSSR count).